The highest BCUT2D eigenvalue weighted by molar-refractivity contribution is 5.28. The summed E-state index contributed by atoms with van der Waals surface area (Å²) in [6, 6.07) is 9.59. The molecule has 2 nitrogen and oxygen atoms in total. The van der Waals surface area contributed by atoms with Gasteiger partial charge in [-0.1, -0.05) is 72.9 Å². The van der Waals surface area contributed by atoms with Gasteiger partial charge in [0.25, 0.3) is 0 Å². The standard InChI is InChI=1S/C19H22O2/c1-19(20,18-14-10-9-11-15-18)16-12-7-5-3-4-6-8-13-17-21-2/h3-17,20H,1-2H3/b4-3+,7-5+,8-6+,16-12+,17-13+. The second-order valence-electron chi connectivity index (χ2n) is 4.59. The fraction of sp³-hybridized carbons (Fsp3) is 0.158. The summed E-state index contributed by atoms with van der Waals surface area (Å²) in [5.74, 6) is 0. The summed E-state index contributed by atoms with van der Waals surface area (Å²) in [4.78, 5) is 0. The van der Waals surface area contributed by atoms with Gasteiger partial charge in [0.15, 0.2) is 0 Å². The zero-order valence-corrected chi connectivity index (χ0v) is 12.5. The summed E-state index contributed by atoms with van der Waals surface area (Å²) < 4.78 is 4.77. The number of rotatable bonds is 7. The van der Waals surface area contributed by atoms with E-state index in [2.05, 4.69) is 0 Å². The van der Waals surface area contributed by atoms with Crippen LogP contribution in [0.1, 0.15) is 12.5 Å². The minimum atomic E-state index is -0.958. The molecular formula is C19H22O2. The topological polar surface area (TPSA) is 29.5 Å². The quantitative estimate of drug-likeness (QED) is 0.597. The molecule has 0 aliphatic carbocycles. The molecule has 0 saturated heterocycles. The average Bonchev–Trinajstić information content (AvgIpc) is 2.50. The minimum absolute atomic E-state index is 0.873. The summed E-state index contributed by atoms with van der Waals surface area (Å²) in [6.07, 6.45) is 18.4. The molecule has 0 bridgehead atoms. The number of methoxy groups -OCH3 is 1. The Bertz CT molecular complexity index is 532. The van der Waals surface area contributed by atoms with Crippen molar-refractivity contribution in [1.29, 1.82) is 0 Å². The second-order valence-corrected chi connectivity index (χ2v) is 4.59. The SMILES string of the molecule is CO/C=C/C=C/C=C/C=C/C=C/C(C)(O)c1ccccc1. The fourth-order valence-electron chi connectivity index (χ4n) is 1.62. The summed E-state index contributed by atoms with van der Waals surface area (Å²) in [7, 11) is 1.61. The zero-order valence-electron chi connectivity index (χ0n) is 12.5. The van der Waals surface area contributed by atoms with Crippen LogP contribution in [0.3, 0.4) is 0 Å². The molecule has 0 aliphatic rings. The third-order valence-corrected chi connectivity index (χ3v) is 2.77. The van der Waals surface area contributed by atoms with Gasteiger partial charge in [-0.05, 0) is 24.6 Å². The van der Waals surface area contributed by atoms with Crippen LogP contribution in [-0.2, 0) is 10.3 Å². The van der Waals surface area contributed by atoms with Gasteiger partial charge in [0.2, 0.25) is 0 Å². The monoisotopic (exact) mass is 282 g/mol. The van der Waals surface area contributed by atoms with E-state index in [1.54, 1.807) is 26.4 Å². The summed E-state index contributed by atoms with van der Waals surface area (Å²) in [5.41, 5.74) is -0.0850. The van der Waals surface area contributed by atoms with Crippen molar-refractivity contribution in [3.63, 3.8) is 0 Å². The first-order chi connectivity index (χ1) is 10.2. The maximum absolute atomic E-state index is 10.3. The Hall–Kier alpha value is -2.32. The fourth-order valence-corrected chi connectivity index (χ4v) is 1.62. The first kappa shape index (κ1) is 16.7. The molecule has 0 amide bonds. The normalized spacial score (nSPS) is 15.8. The maximum atomic E-state index is 10.3. The van der Waals surface area contributed by atoms with Crippen molar-refractivity contribution < 1.29 is 9.84 Å². The molecule has 1 aromatic rings. The molecule has 0 radical (unpaired) electrons. The van der Waals surface area contributed by atoms with Crippen molar-refractivity contribution in [2.24, 2.45) is 0 Å². The number of ether oxygens (including phenoxy) is 1. The molecule has 21 heavy (non-hydrogen) atoms. The number of hydrogen-bond acceptors (Lipinski definition) is 2. The van der Waals surface area contributed by atoms with Gasteiger partial charge in [-0.3, -0.25) is 0 Å². The van der Waals surface area contributed by atoms with Crippen LogP contribution < -0.4 is 0 Å². The zero-order chi connectivity index (χ0) is 15.4. The van der Waals surface area contributed by atoms with Gasteiger partial charge in [-0.25, -0.2) is 0 Å². The summed E-state index contributed by atoms with van der Waals surface area (Å²) in [6.45, 7) is 1.77. The van der Waals surface area contributed by atoms with Crippen LogP contribution in [0.2, 0.25) is 0 Å². The van der Waals surface area contributed by atoms with E-state index in [0.29, 0.717) is 0 Å². The third-order valence-electron chi connectivity index (χ3n) is 2.77. The van der Waals surface area contributed by atoms with E-state index in [4.69, 9.17) is 4.74 Å². The molecule has 1 atom stereocenters. The van der Waals surface area contributed by atoms with Crippen LogP contribution in [0, 0.1) is 0 Å². The summed E-state index contributed by atoms with van der Waals surface area (Å²) >= 11 is 0. The number of benzene rings is 1. The Morgan fingerprint density at radius 3 is 1.95 bits per heavy atom. The van der Waals surface area contributed by atoms with Gasteiger partial charge in [0, 0.05) is 0 Å². The van der Waals surface area contributed by atoms with Crippen molar-refractivity contribution in [3.8, 4) is 0 Å². The lowest BCUT2D eigenvalue weighted by atomic mass is 9.96. The Labute approximate surface area is 127 Å². The van der Waals surface area contributed by atoms with Crippen LogP contribution in [0.15, 0.2) is 91.3 Å². The molecule has 0 heterocycles. The Kier molecular flexibility index (Phi) is 7.62. The third kappa shape index (κ3) is 7.14. The smallest absolute Gasteiger partial charge is 0.105 e. The van der Waals surface area contributed by atoms with Crippen molar-refractivity contribution in [3.05, 3.63) is 96.8 Å². The Morgan fingerprint density at radius 1 is 0.857 bits per heavy atom. The van der Waals surface area contributed by atoms with E-state index in [1.807, 2.05) is 78.9 Å². The molecule has 0 spiro atoms. The molecule has 2 heteroatoms. The van der Waals surface area contributed by atoms with Crippen molar-refractivity contribution in [1.82, 2.24) is 0 Å². The van der Waals surface area contributed by atoms with Crippen molar-refractivity contribution in [2.45, 2.75) is 12.5 Å². The highest BCUT2D eigenvalue weighted by Gasteiger charge is 2.17. The Morgan fingerprint density at radius 2 is 1.38 bits per heavy atom. The lowest BCUT2D eigenvalue weighted by Gasteiger charge is -2.18. The molecule has 110 valence electrons. The lowest BCUT2D eigenvalue weighted by molar-refractivity contribution is 0.111. The lowest BCUT2D eigenvalue weighted by Crippen LogP contribution is -2.17. The first-order valence-corrected chi connectivity index (χ1v) is 6.82. The number of allylic oxidation sites excluding steroid dienone is 8. The molecule has 1 rings (SSSR count). The van der Waals surface area contributed by atoms with Crippen molar-refractivity contribution >= 4 is 0 Å². The largest absolute Gasteiger partial charge is 0.504 e. The van der Waals surface area contributed by atoms with E-state index in [-0.39, 0.29) is 0 Å². The first-order valence-electron chi connectivity index (χ1n) is 6.82. The Balaban J connectivity index is 2.47. The van der Waals surface area contributed by atoms with Crippen LogP contribution >= 0.6 is 0 Å². The molecule has 0 aliphatic heterocycles. The highest BCUT2D eigenvalue weighted by Crippen LogP contribution is 2.21. The van der Waals surface area contributed by atoms with Crippen LogP contribution in [0.4, 0.5) is 0 Å². The molecule has 1 N–H and O–H groups in total. The van der Waals surface area contributed by atoms with Gasteiger partial charge < -0.3 is 9.84 Å². The predicted molar refractivity (Wildman–Crippen MR) is 88.7 cm³/mol. The maximum Gasteiger partial charge on any atom is 0.105 e. The van der Waals surface area contributed by atoms with Gasteiger partial charge in [0.1, 0.15) is 5.60 Å². The van der Waals surface area contributed by atoms with Crippen LogP contribution in [0.25, 0.3) is 0 Å². The minimum Gasteiger partial charge on any atom is -0.504 e. The predicted octanol–water partition coefficient (Wildman–Crippen LogP) is 4.28. The second kappa shape index (κ2) is 9.56. The highest BCUT2D eigenvalue weighted by atomic mass is 16.5. The van der Waals surface area contributed by atoms with Crippen molar-refractivity contribution in [2.75, 3.05) is 7.11 Å². The van der Waals surface area contributed by atoms with Gasteiger partial charge in [-0.15, -0.1) is 0 Å². The van der Waals surface area contributed by atoms with Gasteiger partial charge >= 0.3 is 0 Å². The molecule has 1 aromatic carbocycles. The number of hydrogen-bond donors (Lipinski definition) is 1. The van der Waals surface area contributed by atoms with E-state index >= 15 is 0 Å². The molecule has 1 unspecified atom stereocenters. The molecule has 0 fully saturated rings. The van der Waals surface area contributed by atoms with E-state index in [1.165, 1.54) is 0 Å². The van der Waals surface area contributed by atoms with E-state index in [9.17, 15) is 5.11 Å². The van der Waals surface area contributed by atoms with Gasteiger partial charge in [0.05, 0.1) is 13.4 Å². The summed E-state index contributed by atoms with van der Waals surface area (Å²) in [5, 5.41) is 10.3. The van der Waals surface area contributed by atoms with E-state index < -0.39 is 5.60 Å². The van der Waals surface area contributed by atoms with Gasteiger partial charge in [-0.2, -0.15) is 0 Å². The van der Waals surface area contributed by atoms with Crippen LogP contribution in [0.5, 0.6) is 0 Å². The molecule has 0 aromatic heterocycles. The van der Waals surface area contributed by atoms with E-state index in [0.717, 1.165) is 5.56 Å². The molecule has 0 saturated carbocycles. The number of aliphatic hydroxyl groups is 1. The molecular weight excluding hydrogens is 260 g/mol. The average molecular weight is 282 g/mol. The van der Waals surface area contributed by atoms with Crippen LogP contribution in [-0.4, -0.2) is 12.2 Å².